The molecule has 0 bridgehead atoms. The molecule has 0 amide bonds. The third-order valence-corrected chi connectivity index (χ3v) is 4.58. The molecule has 1 aromatic carbocycles. The fourth-order valence-corrected chi connectivity index (χ4v) is 2.98. The molecule has 0 aromatic heterocycles. The number of likely N-dealkylation sites (tertiary alicyclic amines) is 1. The lowest BCUT2D eigenvalue weighted by Gasteiger charge is -2.37. The number of fused-ring (bicyclic) bond motifs is 1. The number of benzene rings is 1. The van der Waals surface area contributed by atoms with Crippen molar-refractivity contribution in [1.82, 2.24) is 4.90 Å². The van der Waals surface area contributed by atoms with E-state index in [9.17, 15) is 0 Å². The van der Waals surface area contributed by atoms with Crippen molar-refractivity contribution in [3.8, 4) is 5.75 Å². The van der Waals surface area contributed by atoms with Gasteiger partial charge in [0.2, 0.25) is 0 Å². The second-order valence-corrected chi connectivity index (χ2v) is 6.37. The average Bonchev–Trinajstić information content (AvgIpc) is 2.89. The van der Waals surface area contributed by atoms with Crippen LogP contribution in [0, 0.1) is 5.41 Å². The van der Waals surface area contributed by atoms with Crippen LogP contribution in [0.25, 0.3) is 0 Å². The van der Waals surface area contributed by atoms with Crippen LogP contribution in [0.3, 0.4) is 0 Å². The molecule has 3 heteroatoms. The third-order valence-electron chi connectivity index (χ3n) is 4.58. The van der Waals surface area contributed by atoms with Crippen molar-refractivity contribution in [1.29, 1.82) is 0 Å². The number of piperidine rings is 1. The van der Waals surface area contributed by atoms with Gasteiger partial charge in [0, 0.05) is 12.0 Å². The molecular formula is C16H24N2O. The van der Waals surface area contributed by atoms with E-state index in [1.54, 1.807) is 0 Å². The Bertz CT molecular complexity index is 450. The van der Waals surface area contributed by atoms with Gasteiger partial charge < -0.3 is 15.0 Å². The van der Waals surface area contributed by atoms with Crippen molar-refractivity contribution in [3.63, 3.8) is 0 Å². The first kappa shape index (κ1) is 12.8. The minimum Gasteiger partial charge on any atom is -0.491 e. The summed E-state index contributed by atoms with van der Waals surface area (Å²) >= 11 is 0. The molecule has 2 heterocycles. The van der Waals surface area contributed by atoms with Gasteiger partial charge in [-0.2, -0.15) is 0 Å². The first-order valence-corrected chi connectivity index (χ1v) is 7.33. The lowest BCUT2D eigenvalue weighted by Crippen LogP contribution is -2.39. The number of hydrogen-bond donors (Lipinski definition) is 1. The number of rotatable bonds is 3. The van der Waals surface area contributed by atoms with Crippen LogP contribution in [0.2, 0.25) is 0 Å². The fraction of sp³-hybridized carbons (Fsp3) is 0.625. The van der Waals surface area contributed by atoms with Crippen LogP contribution in [-0.4, -0.2) is 38.2 Å². The molecule has 2 aliphatic heterocycles. The van der Waals surface area contributed by atoms with Crippen molar-refractivity contribution in [3.05, 3.63) is 23.8 Å². The lowest BCUT2D eigenvalue weighted by atomic mass is 9.81. The van der Waals surface area contributed by atoms with E-state index in [4.69, 9.17) is 4.74 Å². The van der Waals surface area contributed by atoms with Crippen LogP contribution in [0.4, 0.5) is 5.69 Å². The second kappa shape index (κ2) is 5.04. The maximum Gasteiger partial charge on any atom is 0.142 e. The lowest BCUT2D eigenvalue weighted by molar-refractivity contribution is 0.0807. The average molecular weight is 260 g/mol. The van der Waals surface area contributed by atoms with Crippen LogP contribution in [0.5, 0.6) is 5.75 Å². The summed E-state index contributed by atoms with van der Waals surface area (Å²) in [6, 6.07) is 6.40. The molecule has 0 unspecified atom stereocenters. The summed E-state index contributed by atoms with van der Waals surface area (Å²) in [5, 5.41) is 3.44. The van der Waals surface area contributed by atoms with Gasteiger partial charge in [0.15, 0.2) is 0 Å². The maximum atomic E-state index is 6.15. The first-order chi connectivity index (χ1) is 9.16. The summed E-state index contributed by atoms with van der Waals surface area (Å²) in [6.07, 6.45) is 3.58. The molecule has 19 heavy (non-hydrogen) atoms. The van der Waals surface area contributed by atoms with E-state index in [1.807, 2.05) is 0 Å². The molecule has 0 aliphatic carbocycles. The number of nitrogens with zero attached hydrogens (tertiary/aromatic N) is 1. The molecule has 3 nitrogen and oxygen atoms in total. The Hall–Kier alpha value is -1.22. The van der Waals surface area contributed by atoms with Gasteiger partial charge in [-0.25, -0.2) is 0 Å². The van der Waals surface area contributed by atoms with E-state index in [2.05, 4.69) is 42.4 Å². The van der Waals surface area contributed by atoms with E-state index in [1.165, 1.54) is 37.2 Å². The molecule has 104 valence electrons. The highest BCUT2D eigenvalue weighted by atomic mass is 16.5. The van der Waals surface area contributed by atoms with Crippen molar-refractivity contribution in [2.24, 2.45) is 5.41 Å². The Morgan fingerprint density at radius 3 is 2.89 bits per heavy atom. The predicted octanol–water partition coefficient (Wildman–Crippen LogP) is 2.77. The minimum atomic E-state index is 0.327. The van der Waals surface area contributed by atoms with E-state index in [-0.39, 0.29) is 0 Å². The van der Waals surface area contributed by atoms with Crippen LogP contribution in [-0.2, 0) is 6.42 Å². The summed E-state index contributed by atoms with van der Waals surface area (Å²) in [7, 11) is 2.20. The van der Waals surface area contributed by atoms with Gasteiger partial charge in [0.25, 0.3) is 0 Å². The van der Waals surface area contributed by atoms with Gasteiger partial charge in [-0.3, -0.25) is 0 Å². The van der Waals surface area contributed by atoms with Crippen molar-refractivity contribution in [2.45, 2.75) is 26.2 Å². The molecule has 1 N–H and O–H groups in total. The zero-order valence-corrected chi connectivity index (χ0v) is 12.0. The molecule has 0 saturated carbocycles. The SMILES string of the molecule is CN1CCC(C)(COc2cccc3c2NCC3)CC1. The number of para-hydroxylation sites is 1. The Labute approximate surface area is 115 Å². The van der Waals surface area contributed by atoms with Crippen LogP contribution in [0.15, 0.2) is 18.2 Å². The summed E-state index contributed by atoms with van der Waals surface area (Å²) in [5.41, 5.74) is 2.94. The Kier molecular flexibility index (Phi) is 3.40. The largest absolute Gasteiger partial charge is 0.491 e. The van der Waals surface area contributed by atoms with Crippen molar-refractivity contribution in [2.75, 3.05) is 38.6 Å². The monoisotopic (exact) mass is 260 g/mol. The number of anilines is 1. The zero-order chi connectivity index (χ0) is 13.3. The highest BCUT2D eigenvalue weighted by Gasteiger charge is 2.30. The molecular weight excluding hydrogens is 236 g/mol. The Balaban J connectivity index is 1.65. The van der Waals surface area contributed by atoms with E-state index in [0.29, 0.717) is 5.41 Å². The zero-order valence-electron chi connectivity index (χ0n) is 12.0. The fourth-order valence-electron chi connectivity index (χ4n) is 2.98. The molecule has 1 aromatic rings. The highest BCUT2D eigenvalue weighted by Crippen LogP contribution is 2.36. The predicted molar refractivity (Wildman–Crippen MR) is 79.0 cm³/mol. The smallest absolute Gasteiger partial charge is 0.142 e. The number of hydrogen-bond acceptors (Lipinski definition) is 3. The Morgan fingerprint density at radius 2 is 2.11 bits per heavy atom. The summed E-state index contributed by atoms with van der Waals surface area (Å²) in [6.45, 7) is 6.60. The van der Waals surface area contributed by atoms with E-state index >= 15 is 0 Å². The van der Waals surface area contributed by atoms with E-state index < -0.39 is 0 Å². The molecule has 0 atom stereocenters. The quantitative estimate of drug-likeness (QED) is 0.904. The molecule has 1 saturated heterocycles. The number of nitrogens with one attached hydrogen (secondary N) is 1. The summed E-state index contributed by atoms with van der Waals surface area (Å²) in [5.74, 6) is 1.04. The van der Waals surface area contributed by atoms with Crippen molar-refractivity contribution < 1.29 is 4.74 Å². The molecule has 2 aliphatic rings. The standard InChI is InChI=1S/C16H24N2O/c1-16(7-10-18(2)11-8-16)12-19-14-5-3-4-13-6-9-17-15(13)14/h3-5,17H,6-12H2,1-2H3. The van der Waals surface area contributed by atoms with Gasteiger partial charge in [-0.05, 0) is 51.0 Å². The normalized spacial score (nSPS) is 21.8. The van der Waals surface area contributed by atoms with Gasteiger partial charge in [0.1, 0.15) is 5.75 Å². The first-order valence-electron chi connectivity index (χ1n) is 7.33. The molecule has 0 spiro atoms. The summed E-state index contributed by atoms with van der Waals surface area (Å²) < 4.78 is 6.15. The molecule has 3 rings (SSSR count). The second-order valence-electron chi connectivity index (χ2n) is 6.37. The van der Waals surface area contributed by atoms with Gasteiger partial charge in [-0.15, -0.1) is 0 Å². The third kappa shape index (κ3) is 2.71. The Morgan fingerprint density at radius 1 is 1.32 bits per heavy atom. The molecule has 1 fully saturated rings. The van der Waals surface area contributed by atoms with Gasteiger partial charge in [-0.1, -0.05) is 19.1 Å². The van der Waals surface area contributed by atoms with Crippen LogP contribution < -0.4 is 10.1 Å². The minimum absolute atomic E-state index is 0.327. The van der Waals surface area contributed by atoms with Gasteiger partial charge in [0.05, 0.1) is 12.3 Å². The highest BCUT2D eigenvalue weighted by molar-refractivity contribution is 5.65. The molecule has 0 radical (unpaired) electrons. The summed E-state index contributed by atoms with van der Waals surface area (Å²) in [4.78, 5) is 2.41. The van der Waals surface area contributed by atoms with Gasteiger partial charge >= 0.3 is 0 Å². The van der Waals surface area contributed by atoms with Crippen molar-refractivity contribution >= 4 is 5.69 Å². The van der Waals surface area contributed by atoms with E-state index in [0.717, 1.165) is 25.3 Å². The van der Waals surface area contributed by atoms with Crippen LogP contribution >= 0.6 is 0 Å². The van der Waals surface area contributed by atoms with Crippen LogP contribution in [0.1, 0.15) is 25.3 Å². The number of ether oxygens (including phenoxy) is 1. The maximum absolute atomic E-state index is 6.15. The topological polar surface area (TPSA) is 24.5 Å².